The number of aromatic amines is 1. The fourth-order valence-corrected chi connectivity index (χ4v) is 5.93. The highest BCUT2D eigenvalue weighted by Gasteiger charge is 2.48. The van der Waals surface area contributed by atoms with Gasteiger partial charge in [0.15, 0.2) is 11.4 Å². The lowest BCUT2D eigenvalue weighted by atomic mass is 9.74. The Balaban J connectivity index is 1.56. The van der Waals surface area contributed by atoms with Gasteiger partial charge in [-0.1, -0.05) is 25.1 Å². The topological polar surface area (TPSA) is 122 Å². The highest BCUT2D eigenvalue weighted by molar-refractivity contribution is 6.22. The molecule has 0 saturated carbocycles. The predicted octanol–water partition coefficient (Wildman–Crippen LogP) is 8.20. The summed E-state index contributed by atoms with van der Waals surface area (Å²) >= 11 is 0. The summed E-state index contributed by atoms with van der Waals surface area (Å²) in [6.07, 6.45) is -10.9. The molecule has 4 aromatic rings. The van der Waals surface area contributed by atoms with Crippen LogP contribution in [0.1, 0.15) is 48.4 Å². The van der Waals surface area contributed by atoms with Crippen molar-refractivity contribution in [1.82, 2.24) is 4.98 Å². The van der Waals surface area contributed by atoms with Gasteiger partial charge in [0.1, 0.15) is 11.5 Å². The Kier molecular flexibility index (Phi) is 8.31. The van der Waals surface area contributed by atoms with E-state index in [0.29, 0.717) is 19.1 Å². The lowest BCUT2D eigenvalue weighted by molar-refractivity contribution is -0.143. The molecular weight excluding hydrogens is 642 g/mol. The molecule has 0 fully saturated rings. The molecule has 5 rings (SSSR count). The van der Waals surface area contributed by atoms with Crippen LogP contribution in [0, 0.1) is 17.2 Å². The number of alkyl halides is 8. The average Bonchev–Trinajstić information content (AvgIpc) is 3.47. The molecule has 0 bridgehead atoms. The summed E-state index contributed by atoms with van der Waals surface area (Å²) in [6.45, 7) is 2.12. The molecule has 1 aromatic heterocycles. The van der Waals surface area contributed by atoms with Crippen LogP contribution in [0.25, 0.3) is 11.1 Å². The average molecular weight is 668 g/mol. The molecule has 1 aliphatic carbocycles. The largest absolute Gasteiger partial charge is 0.457 e. The molecule has 0 saturated heterocycles. The quantitative estimate of drug-likeness (QED) is 0.129. The van der Waals surface area contributed by atoms with Crippen LogP contribution in [0.2, 0.25) is 0 Å². The van der Waals surface area contributed by atoms with E-state index < -0.39 is 70.9 Å². The minimum atomic E-state index is -5.10. The fraction of sp³-hybridized carbons (Fsp3) is 0.281. The zero-order valence-corrected chi connectivity index (χ0v) is 24.4. The number of H-pyrrole nitrogens is 1. The minimum absolute atomic E-state index is 0.00588. The zero-order valence-electron chi connectivity index (χ0n) is 24.4. The Morgan fingerprint density at radius 2 is 1.53 bits per heavy atom. The number of carbonyl (C=O) groups is 1. The van der Waals surface area contributed by atoms with E-state index in [0.717, 1.165) is 0 Å². The molecule has 0 amide bonds. The summed E-state index contributed by atoms with van der Waals surface area (Å²) in [6, 6.07) is 10.4. The number of oxazole rings is 1. The smallest absolute Gasteiger partial charge is 0.417 e. The molecule has 7 nitrogen and oxygen atoms in total. The van der Waals surface area contributed by atoms with Crippen LogP contribution in [0.5, 0.6) is 11.5 Å². The first kappa shape index (κ1) is 33.4. The number of benzene rings is 3. The van der Waals surface area contributed by atoms with Gasteiger partial charge in [-0.05, 0) is 60.9 Å². The number of hydrogen-bond acceptors (Lipinski definition) is 6. The molecule has 3 atom stereocenters. The lowest BCUT2D eigenvalue weighted by Gasteiger charge is -2.29. The molecule has 0 aliphatic heterocycles. The number of para-hydroxylation sites is 1. The van der Waals surface area contributed by atoms with Gasteiger partial charge in [0.25, 0.3) is 0 Å². The van der Waals surface area contributed by atoms with Gasteiger partial charge in [0.05, 0.1) is 28.1 Å². The van der Waals surface area contributed by atoms with Crippen LogP contribution in [-0.2, 0) is 17.1 Å². The van der Waals surface area contributed by atoms with Crippen molar-refractivity contribution in [1.29, 1.82) is 5.41 Å². The molecule has 2 unspecified atom stereocenters. The molecular formula is C32H25F8N3O4. The second kappa shape index (κ2) is 11.7. The Hall–Kier alpha value is -4.95. The van der Waals surface area contributed by atoms with Crippen molar-refractivity contribution in [2.24, 2.45) is 17.6 Å². The van der Waals surface area contributed by atoms with Gasteiger partial charge in [-0.2, -0.15) is 26.3 Å². The summed E-state index contributed by atoms with van der Waals surface area (Å²) in [5.74, 6) is -8.85. The maximum Gasteiger partial charge on any atom is 0.417 e. The maximum absolute atomic E-state index is 14.1. The van der Waals surface area contributed by atoms with Crippen molar-refractivity contribution in [3.8, 4) is 11.5 Å². The normalized spacial score (nSPS) is 18.2. The van der Waals surface area contributed by atoms with Gasteiger partial charge >= 0.3 is 18.1 Å². The standard InChI is InChI=1S/C32H25F8N3O4/c1-14(13-30(2,33)34)22-23(24(26(42)27(22)44)25(41)20-4-3-5-21-28(20)47-29(45)43-21)15-6-8-18(9-7-15)46-19-11-16(31(35,36)37)10-17(12-19)32(38,39)40/h3-12,14,22-23,41H,13,42H2,1-2H3,(H,43,45)/t14?,22?,23-/m1/s1. The number of fused-ring (bicyclic) bond motifs is 1. The number of carbonyl (C=O) groups excluding carboxylic acids is 1. The second-order valence-corrected chi connectivity index (χ2v) is 11.4. The number of hydrogen-bond donors (Lipinski definition) is 3. The third-order valence-corrected chi connectivity index (χ3v) is 7.84. The number of nitrogens with two attached hydrogens (primary N) is 1. The molecule has 1 heterocycles. The summed E-state index contributed by atoms with van der Waals surface area (Å²) < 4.78 is 119. The van der Waals surface area contributed by atoms with E-state index in [9.17, 15) is 44.7 Å². The summed E-state index contributed by atoms with van der Waals surface area (Å²) in [5, 5.41) is 9.04. The van der Waals surface area contributed by atoms with Crippen molar-refractivity contribution in [3.05, 3.63) is 105 Å². The van der Waals surface area contributed by atoms with E-state index in [2.05, 4.69) is 4.98 Å². The van der Waals surface area contributed by atoms with E-state index in [1.165, 1.54) is 49.4 Å². The number of Topliss-reactive ketones (excluding diaryl/α,β-unsaturated/α-hetero) is 1. The van der Waals surface area contributed by atoms with E-state index in [1.807, 2.05) is 0 Å². The molecule has 15 heteroatoms. The Bertz CT molecular complexity index is 1920. The summed E-state index contributed by atoms with van der Waals surface area (Å²) in [5.41, 5.74) is 2.96. The molecule has 248 valence electrons. The van der Waals surface area contributed by atoms with Crippen LogP contribution in [0.3, 0.4) is 0 Å². The SMILES string of the molecule is CC(CC(C)(F)F)C1C(=O)C(N)=C(C(=N)c2cccc3[nH]c(=O)oc23)[C@@H]1c1ccc(Oc2cc(C(F)(F)F)cc(C(F)(F)F)c2)cc1. The van der Waals surface area contributed by atoms with E-state index in [4.69, 9.17) is 20.3 Å². The van der Waals surface area contributed by atoms with Crippen molar-refractivity contribution < 1.29 is 49.1 Å². The molecule has 0 radical (unpaired) electrons. The van der Waals surface area contributed by atoms with Crippen molar-refractivity contribution in [2.75, 3.05) is 0 Å². The maximum atomic E-state index is 14.1. The van der Waals surface area contributed by atoms with Crippen LogP contribution < -0.4 is 16.2 Å². The molecule has 47 heavy (non-hydrogen) atoms. The van der Waals surface area contributed by atoms with Gasteiger partial charge in [0, 0.05) is 29.4 Å². The molecule has 0 spiro atoms. The number of ketones is 1. The first-order chi connectivity index (χ1) is 21.7. The Labute approximate surface area is 260 Å². The minimum Gasteiger partial charge on any atom is -0.457 e. The van der Waals surface area contributed by atoms with Crippen LogP contribution >= 0.6 is 0 Å². The number of aromatic nitrogens is 1. The van der Waals surface area contributed by atoms with Gasteiger partial charge in [-0.25, -0.2) is 13.6 Å². The van der Waals surface area contributed by atoms with Crippen molar-refractivity contribution in [2.45, 2.75) is 44.5 Å². The third kappa shape index (κ3) is 6.79. The van der Waals surface area contributed by atoms with Crippen LogP contribution in [0.15, 0.2) is 81.1 Å². The number of allylic oxidation sites excluding steroid dienone is 2. The van der Waals surface area contributed by atoms with Crippen LogP contribution in [-0.4, -0.2) is 22.4 Å². The fourth-order valence-electron chi connectivity index (χ4n) is 5.93. The van der Waals surface area contributed by atoms with E-state index in [-0.39, 0.29) is 51.0 Å². The first-order valence-electron chi connectivity index (χ1n) is 13.9. The van der Waals surface area contributed by atoms with Gasteiger partial charge in [0.2, 0.25) is 5.92 Å². The van der Waals surface area contributed by atoms with Crippen molar-refractivity contribution >= 4 is 22.6 Å². The van der Waals surface area contributed by atoms with Gasteiger partial charge in [-0.3, -0.25) is 15.2 Å². The van der Waals surface area contributed by atoms with Gasteiger partial charge < -0.3 is 14.9 Å². The van der Waals surface area contributed by atoms with E-state index >= 15 is 0 Å². The summed E-state index contributed by atoms with van der Waals surface area (Å²) in [7, 11) is 0. The molecule has 1 aliphatic rings. The Morgan fingerprint density at radius 3 is 2.09 bits per heavy atom. The van der Waals surface area contributed by atoms with Gasteiger partial charge in [-0.15, -0.1) is 0 Å². The second-order valence-electron chi connectivity index (χ2n) is 11.4. The summed E-state index contributed by atoms with van der Waals surface area (Å²) in [4.78, 5) is 27.9. The number of rotatable bonds is 8. The third-order valence-electron chi connectivity index (χ3n) is 7.84. The van der Waals surface area contributed by atoms with Crippen molar-refractivity contribution in [3.63, 3.8) is 0 Å². The molecule has 3 aromatic carbocycles. The number of halogens is 8. The number of ether oxygens (including phenoxy) is 1. The monoisotopic (exact) mass is 667 g/mol. The van der Waals surface area contributed by atoms with E-state index in [1.54, 1.807) is 0 Å². The van der Waals surface area contributed by atoms with Crippen LogP contribution in [0.4, 0.5) is 35.1 Å². The Morgan fingerprint density at radius 1 is 0.936 bits per heavy atom. The zero-order chi connectivity index (χ0) is 34.6. The highest BCUT2D eigenvalue weighted by atomic mass is 19.4. The highest BCUT2D eigenvalue weighted by Crippen LogP contribution is 2.48. The predicted molar refractivity (Wildman–Crippen MR) is 153 cm³/mol. The number of nitrogens with one attached hydrogen (secondary N) is 2. The molecule has 4 N–H and O–H groups in total. The first-order valence-corrected chi connectivity index (χ1v) is 13.9. The lowest BCUT2D eigenvalue weighted by Crippen LogP contribution is -2.29.